The van der Waals surface area contributed by atoms with Crippen LogP contribution >= 0.6 is 0 Å². The van der Waals surface area contributed by atoms with E-state index in [9.17, 15) is 24.5 Å². The Morgan fingerprint density at radius 2 is 1.86 bits per heavy atom. The van der Waals surface area contributed by atoms with Gasteiger partial charge >= 0.3 is 0 Å². The first-order chi connectivity index (χ1) is 16.7. The number of carbonyl (C=O) groups excluding carboxylic acids is 3. The Kier molecular flexibility index (Phi) is 8.02. The Hall–Kier alpha value is -3.99. The molecule has 0 radical (unpaired) electrons. The van der Waals surface area contributed by atoms with Gasteiger partial charge in [0.25, 0.3) is 11.6 Å². The molecule has 1 heterocycles. The van der Waals surface area contributed by atoms with Crippen molar-refractivity contribution in [2.45, 2.75) is 31.6 Å². The molecular formula is C24H27N3O8. The molecule has 11 nitrogen and oxygen atoms in total. The topological polar surface area (TPSA) is 146 Å². The fourth-order valence-corrected chi connectivity index (χ4v) is 4.03. The second-order valence-electron chi connectivity index (χ2n) is 7.96. The fraction of sp³-hybridized carbons (Fsp3) is 0.375. The van der Waals surface area contributed by atoms with Crippen LogP contribution in [0.4, 0.5) is 11.4 Å². The van der Waals surface area contributed by atoms with E-state index in [1.807, 2.05) is 6.92 Å². The fourth-order valence-electron chi connectivity index (χ4n) is 4.03. The number of ether oxygens (including phenoxy) is 3. The maximum absolute atomic E-state index is 12.9. The standard InChI is InChI=1S/C24H27N3O8/c1-4-24(10-9-21(28)26-23(24)30)15-5-7-16(8-6-15)25-22(29)17-13-19(34-3)20(35-12-11-33-2)14-18(17)27(31)32/h5-8,13-14H,4,9-12H2,1-3H3,(H,25,29)(H,26,28,30). The van der Waals surface area contributed by atoms with Crippen molar-refractivity contribution in [1.29, 1.82) is 0 Å². The van der Waals surface area contributed by atoms with E-state index in [1.54, 1.807) is 24.3 Å². The van der Waals surface area contributed by atoms with Crippen molar-refractivity contribution in [1.82, 2.24) is 5.32 Å². The molecule has 1 aliphatic rings. The number of nitro benzene ring substituents is 1. The molecule has 3 amide bonds. The summed E-state index contributed by atoms with van der Waals surface area (Å²) in [6.07, 6.45) is 1.14. The van der Waals surface area contributed by atoms with Crippen molar-refractivity contribution in [3.63, 3.8) is 0 Å². The molecule has 0 bridgehead atoms. The molecule has 1 atom stereocenters. The number of nitrogens with zero attached hydrogens (tertiary/aromatic N) is 1. The van der Waals surface area contributed by atoms with Crippen molar-refractivity contribution in [3.05, 3.63) is 57.6 Å². The molecule has 2 N–H and O–H groups in total. The summed E-state index contributed by atoms with van der Waals surface area (Å²) >= 11 is 0. The highest BCUT2D eigenvalue weighted by molar-refractivity contribution is 6.08. The van der Waals surface area contributed by atoms with Crippen molar-refractivity contribution < 1.29 is 33.5 Å². The Bertz CT molecular complexity index is 1130. The molecule has 0 saturated carbocycles. The first-order valence-corrected chi connectivity index (χ1v) is 11.0. The second-order valence-corrected chi connectivity index (χ2v) is 7.96. The van der Waals surface area contributed by atoms with Gasteiger partial charge in [-0.25, -0.2) is 0 Å². The number of piperidine rings is 1. The van der Waals surface area contributed by atoms with Crippen LogP contribution in [0.15, 0.2) is 36.4 Å². The molecular weight excluding hydrogens is 458 g/mol. The third kappa shape index (κ3) is 5.40. The van der Waals surface area contributed by atoms with Crippen molar-refractivity contribution in [3.8, 4) is 11.5 Å². The van der Waals surface area contributed by atoms with E-state index in [4.69, 9.17) is 14.2 Å². The molecule has 11 heteroatoms. The monoisotopic (exact) mass is 485 g/mol. The van der Waals surface area contributed by atoms with Gasteiger partial charge in [0.05, 0.1) is 30.1 Å². The third-order valence-electron chi connectivity index (χ3n) is 6.03. The minimum absolute atomic E-state index is 0.117. The van der Waals surface area contributed by atoms with Crippen LogP contribution < -0.4 is 20.1 Å². The molecule has 186 valence electrons. The van der Waals surface area contributed by atoms with Crippen LogP contribution in [0.5, 0.6) is 11.5 Å². The minimum atomic E-state index is -0.832. The van der Waals surface area contributed by atoms with Crippen LogP contribution in [-0.2, 0) is 19.7 Å². The number of imide groups is 1. The minimum Gasteiger partial charge on any atom is -0.493 e. The number of anilines is 1. The summed E-state index contributed by atoms with van der Waals surface area (Å²) in [6.45, 7) is 2.29. The highest BCUT2D eigenvalue weighted by atomic mass is 16.6. The number of amides is 3. The number of nitro groups is 1. The van der Waals surface area contributed by atoms with Gasteiger partial charge in [0, 0.05) is 25.3 Å². The van der Waals surface area contributed by atoms with Crippen molar-refractivity contribution in [2.24, 2.45) is 0 Å². The van der Waals surface area contributed by atoms with Gasteiger partial charge in [-0.3, -0.25) is 29.8 Å². The predicted molar refractivity (Wildman–Crippen MR) is 126 cm³/mol. The van der Waals surface area contributed by atoms with Crippen LogP contribution in [0.25, 0.3) is 0 Å². The Morgan fingerprint density at radius 3 is 2.43 bits per heavy atom. The Morgan fingerprint density at radius 1 is 1.14 bits per heavy atom. The number of rotatable bonds is 10. The summed E-state index contributed by atoms with van der Waals surface area (Å²) in [5.74, 6) is -1.07. The van der Waals surface area contributed by atoms with E-state index in [0.717, 1.165) is 6.07 Å². The molecule has 0 aliphatic carbocycles. The van der Waals surface area contributed by atoms with E-state index in [0.29, 0.717) is 24.1 Å². The smallest absolute Gasteiger partial charge is 0.286 e. The second kappa shape index (κ2) is 11.0. The maximum atomic E-state index is 12.9. The molecule has 2 aromatic rings. The third-order valence-corrected chi connectivity index (χ3v) is 6.03. The highest BCUT2D eigenvalue weighted by Gasteiger charge is 2.42. The van der Waals surface area contributed by atoms with Gasteiger partial charge < -0.3 is 19.5 Å². The van der Waals surface area contributed by atoms with Crippen LogP contribution in [0.3, 0.4) is 0 Å². The van der Waals surface area contributed by atoms with E-state index in [-0.39, 0.29) is 48.5 Å². The number of nitrogens with one attached hydrogen (secondary N) is 2. The summed E-state index contributed by atoms with van der Waals surface area (Å²) in [5.41, 5.74) is -0.383. The van der Waals surface area contributed by atoms with Gasteiger partial charge in [-0.2, -0.15) is 0 Å². The summed E-state index contributed by atoms with van der Waals surface area (Å²) in [6, 6.07) is 9.02. The number of hydrogen-bond acceptors (Lipinski definition) is 8. The molecule has 1 aliphatic heterocycles. The summed E-state index contributed by atoms with van der Waals surface area (Å²) in [7, 11) is 2.86. The molecule has 2 aromatic carbocycles. The number of methoxy groups -OCH3 is 2. The van der Waals surface area contributed by atoms with E-state index >= 15 is 0 Å². The van der Waals surface area contributed by atoms with Gasteiger partial charge in [-0.15, -0.1) is 0 Å². The van der Waals surface area contributed by atoms with Crippen LogP contribution in [0, 0.1) is 10.1 Å². The molecule has 35 heavy (non-hydrogen) atoms. The quantitative estimate of drug-likeness (QED) is 0.226. The van der Waals surface area contributed by atoms with Gasteiger partial charge in [0.2, 0.25) is 11.8 Å². The molecule has 1 saturated heterocycles. The van der Waals surface area contributed by atoms with Crippen molar-refractivity contribution >= 4 is 29.1 Å². The Balaban J connectivity index is 1.84. The lowest BCUT2D eigenvalue weighted by molar-refractivity contribution is -0.385. The zero-order valence-corrected chi connectivity index (χ0v) is 19.7. The molecule has 1 fully saturated rings. The predicted octanol–water partition coefficient (Wildman–Crippen LogP) is 2.97. The first kappa shape index (κ1) is 25.6. The molecule has 0 aromatic heterocycles. The van der Waals surface area contributed by atoms with Gasteiger partial charge in [0.1, 0.15) is 12.2 Å². The van der Waals surface area contributed by atoms with Crippen LogP contribution in [0.2, 0.25) is 0 Å². The highest BCUT2D eigenvalue weighted by Crippen LogP contribution is 2.37. The van der Waals surface area contributed by atoms with Crippen LogP contribution in [-0.4, -0.2) is 50.1 Å². The largest absolute Gasteiger partial charge is 0.493 e. The van der Waals surface area contributed by atoms with Crippen molar-refractivity contribution in [2.75, 3.05) is 32.8 Å². The SMILES string of the molecule is CCC1(c2ccc(NC(=O)c3cc(OC)c(OCCOC)cc3[N+](=O)[O-])cc2)CCC(=O)NC1=O. The number of hydrogen-bond donors (Lipinski definition) is 2. The molecule has 3 rings (SSSR count). The summed E-state index contributed by atoms with van der Waals surface area (Å²) in [5, 5.41) is 16.7. The van der Waals surface area contributed by atoms with Crippen LogP contribution in [0.1, 0.15) is 42.1 Å². The van der Waals surface area contributed by atoms with Gasteiger partial charge in [-0.1, -0.05) is 19.1 Å². The van der Waals surface area contributed by atoms with E-state index in [2.05, 4.69) is 10.6 Å². The maximum Gasteiger partial charge on any atom is 0.286 e. The van der Waals surface area contributed by atoms with E-state index < -0.39 is 21.9 Å². The lowest BCUT2D eigenvalue weighted by Gasteiger charge is -2.35. The normalized spacial score (nSPS) is 17.5. The lowest BCUT2D eigenvalue weighted by atomic mass is 9.72. The van der Waals surface area contributed by atoms with Gasteiger partial charge in [-0.05, 0) is 30.5 Å². The number of carbonyl (C=O) groups is 3. The zero-order chi connectivity index (χ0) is 25.6. The molecule has 0 spiro atoms. The average molecular weight is 485 g/mol. The zero-order valence-electron chi connectivity index (χ0n) is 19.7. The molecule has 1 unspecified atom stereocenters. The average Bonchev–Trinajstić information content (AvgIpc) is 2.84. The first-order valence-electron chi connectivity index (χ1n) is 11.0. The number of benzene rings is 2. The summed E-state index contributed by atoms with van der Waals surface area (Å²) < 4.78 is 15.6. The lowest BCUT2D eigenvalue weighted by Crippen LogP contribution is -2.51. The van der Waals surface area contributed by atoms with Gasteiger partial charge in [0.15, 0.2) is 11.5 Å². The summed E-state index contributed by atoms with van der Waals surface area (Å²) in [4.78, 5) is 48.1. The Labute approximate surface area is 201 Å². The van der Waals surface area contributed by atoms with E-state index in [1.165, 1.54) is 20.3 Å².